The van der Waals surface area contributed by atoms with Gasteiger partial charge in [-0.05, 0) is 43.7 Å². The molecule has 0 unspecified atom stereocenters. The van der Waals surface area contributed by atoms with Gasteiger partial charge in [-0.25, -0.2) is 4.79 Å². The second-order valence-corrected chi connectivity index (χ2v) is 6.80. The molecule has 0 saturated heterocycles. The van der Waals surface area contributed by atoms with Gasteiger partial charge in [0.25, 0.3) is 5.69 Å². The van der Waals surface area contributed by atoms with E-state index in [0.29, 0.717) is 0 Å². The minimum absolute atomic E-state index is 0.0263. The van der Waals surface area contributed by atoms with Crippen molar-refractivity contribution >= 4 is 23.5 Å². The second kappa shape index (κ2) is 8.96. The Labute approximate surface area is 173 Å². The van der Waals surface area contributed by atoms with Gasteiger partial charge in [-0.1, -0.05) is 53.6 Å². The van der Waals surface area contributed by atoms with Crippen LogP contribution in [-0.2, 0) is 0 Å². The van der Waals surface area contributed by atoms with Crippen molar-refractivity contribution in [3.05, 3.63) is 111 Å². The van der Waals surface area contributed by atoms with Crippen molar-refractivity contribution in [2.24, 2.45) is 0 Å². The van der Waals surface area contributed by atoms with Crippen LogP contribution in [0.4, 0.5) is 5.69 Å². The number of nitro groups is 1. The Morgan fingerprint density at radius 2 is 1.63 bits per heavy atom. The molecule has 30 heavy (non-hydrogen) atoms. The standard InChI is InChI=1S/C24H19NO5/c1-16-6-9-18(10-7-16)11-12-22(26)21-14-17(2)8-13-23(21)30-24(27)19-4-3-5-20(15-19)25(28)29/h3-15H,1-2H3/b12-11+. The van der Waals surface area contributed by atoms with Gasteiger partial charge < -0.3 is 4.74 Å². The van der Waals surface area contributed by atoms with Crippen LogP contribution in [0.2, 0.25) is 0 Å². The topological polar surface area (TPSA) is 86.5 Å². The van der Waals surface area contributed by atoms with Crippen molar-refractivity contribution in [1.82, 2.24) is 0 Å². The maximum absolute atomic E-state index is 12.8. The van der Waals surface area contributed by atoms with Crippen LogP contribution in [0.5, 0.6) is 5.75 Å². The summed E-state index contributed by atoms with van der Waals surface area (Å²) in [6.07, 6.45) is 3.11. The third-order valence-corrected chi connectivity index (χ3v) is 4.40. The van der Waals surface area contributed by atoms with Gasteiger partial charge in [0.1, 0.15) is 5.75 Å². The highest BCUT2D eigenvalue weighted by molar-refractivity contribution is 6.09. The van der Waals surface area contributed by atoms with Crippen molar-refractivity contribution in [2.45, 2.75) is 13.8 Å². The molecule has 0 aliphatic heterocycles. The first-order valence-electron chi connectivity index (χ1n) is 9.20. The predicted molar refractivity (Wildman–Crippen MR) is 114 cm³/mol. The van der Waals surface area contributed by atoms with E-state index >= 15 is 0 Å². The number of non-ortho nitro benzene ring substituents is 1. The smallest absolute Gasteiger partial charge is 0.343 e. The van der Waals surface area contributed by atoms with Crippen molar-refractivity contribution in [3.8, 4) is 5.75 Å². The first-order valence-corrected chi connectivity index (χ1v) is 9.20. The number of nitrogens with zero attached hydrogens (tertiary/aromatic N) is 1. The fraction of sp³-hybridized carbons (Fsp3) is 0.0833. The number of rotatable bonds is 6. The molecular formula is C24H19NO5. The molecule has 0 amide bonds. The maximum Gasteiger partial charge on any atom is 0.343 e. The van der Waals surface area contributed by atoms with E-state index in [9.17, 15) is 19.7 Å². The van der Waals surface area contributed by atoms with Crippen LogP contribution >= 0.6 is 0 Å². The van der Waals surface area contributed by atoms with Crippen LogP contribution in [-0.4, -0.2) is 16.7 Å². The molecule has 0 aliphatic rings. The van der Waals surface area contributed by atoms with E-state index in [2.05, 4.69) is 0 Å². The fourth-order valence-corrected chi connectivity index (χ4v) is 2.77. The third kappa shape index (κ3) is 5.05. The Morgan fingerprint density at radius 1 is 0.933 bits per heavy atom. The summed E-state index contributed by atoms with van der Waals surface area (Å²) in [6.45, 7) is 3.81. The number of allylic oxidation sites excluding steroid dienone is 1. The Balaban J connectivity index is 1.85. The number of hydrogen-bond acceptors (Lipinski definition) is 5. The minimum Gasteiger partial charge on any atom is -0.422 e. The molecular weight excluding hydrogens is 382 g/mol. The molecule has 0 aliphatic carbocycles. The number of carbonyl (C=O) groups is 2. The molecule has 0 bridgehead atoms. The molecule has 0 N–H and O–H groups in total. The lowest BCUT2D eigenvalue weighted by molar-refractivity contribution is -0.384. The Kier molecular flexibility index (Phi) is 6.17. The molecule has 0 radical (unpaired) electrons. The second-order valence-electron chi connectivity index (χ2n) is 6.80. The lowest BCUT2D eigenvalue weighted by Gasteiger charge is -2.09. The molecule has 3 aromatic rings. The highest BCUT2D eigenvalue weighted by atomic mass is 16.6. The third-order valence-electron chi connectivity index (χ3n) is 4.40. The molecule has 3 rings (SSSR count). The SMILES string of the molecule is Cc1ccc(/C=C/C(=O)c2cc(C)ccc2OC(=O)c2cccc([N+](=O)[O-])c2)cc1. The summed E-state index contributed by atoms with van der Waals surface area (Å²) in [6, 6.07) is 17.8. The summed E-state index contributed by atoms with van der Waals surface area (Å²) in [5.74, 6) is -1.00. The normalized spacial score (nSPS) is 10.7. The maximum atomic E-state index is 12.8. The van der Waals surface area contributed by atoms with Gasteiger partial charge in [0.2, 0.25) is 0 Å². The van der Waals surface area contributed by atoms with Crippen LogP contribution in [0.1, 0.15) is 37.4 Å². The highest BCUT2D eigenvalue weighted by Gasteiger charge is 2.17. The number of hydrogen-bond donors (Lipinski definition) is 0. The minimum atomic E-state index is -0.779. The number of ether oxygens (including phenoxy) is 1. The van der Waals surface area contributed by atoms with Crippen LogP contribution in [0.25, 0.3) is 6.08 Å². The molecule has 0 aromatic heterocycles. The molecule has 0 fully saturated rings. The van der Waals surface area contributed by atoms with Crippen molar-refractivity contribution in [1.29, 1.82) is 0 Å². The quantitative estimate of drug-likeness (QED) is 0.139. The summed E-state index contributed by atoms with van der Waals surface area (Å²) in [7, 11) is 0. The average Bonchev–Trinajstić information content (AvgIpc) is 2.74. The molecule has 0 atom stereocenters. The number of ketones is 1. The van der Waals surface area contributed by atoms with Crippen LogP contribution in [0.3, 0.4) is 0 Å². The zero-order valence-electron chi connectivity index (χ0n) is 16.5. The zero-order chi connectivity index (χ0) is 21.7. The molecule has 6 heteroatoms. The molecule has 0 spiro atoms. The monoisotopic (exact) mass is 401 g/mol. The number of nitro benzene ring substituents is 1. The Morgan fingerprint density at radius 3 is 2.33 bits per heavy atom. The number of esters is 1. The Hall–Kier alpha value is -4.06. The van der Waals surface area contributed by atoms with E-state index in [1.54, 1.807) is 18.2 Å². The van der Waals surface area contributed by atoms with Crippen LogP contribution in [0, 0.1) is 24.0 Å². The average molecular weight is 401 g/mol. The summed E-state index contributed by atoms with van der Waals surface area (Å²) in [5, 5.41) is 10.9. The van der Waals surface area contributed by atoms with Crippen molar-refractivity contribution < 1.29 is 19.2 Å². The van der Waals surface area contributed by atoms with E-state index in [0.717, 1.165) is 22.8 Å². The summed E-state index contributed by atoms with van der Waals surface area (Å²) >= 11 is 0. The van der Waals surface area contributed by atoms with Gasteiger partial charge in [0.15, 0.2) is 5.78 Å². The van der Waals surface area contributed by atoms with Gasteiger partial charge in [-0.3, -0.25) is 14.9 Å². The number of carbonyl (C=O) groups excluding carboxylic acids is 2. The van der Waals surface area contributed by atoms with Crippen LogP contribution < -0.4 is 4.74 Å². The Bertz CT molecular complexity index is 1150. The van der Waals surface area contributed by atoms with Gasteiger partial charge >= 0.3 is 5.97 Å². The molecule has 0 saturated carbocycles. The predicted octanol–water partition coefficient (Wildman–Crippen LogP) is 5.33. The number of aryl methyl sites for hydroxylation is 2. The van der Waals surface area contributed by atoms with E-state index in [4.69, 9.17) is 4.74 Å². The van der Waals surface area contributed by atoms with E-state index < -0.39 is 10.9 Å². The van der Waals surface area contributed by atoms with Gasteiger partial charge in [-0.15, -0.1) is 0 Å². The molecule has 0 heterocycles. The first-order chi connectivity index (χ1) is 14.3. The number of benzene rings is 3. The largest absolute Gasteiger partial charge is 0.422 e. The van der Waals surface area contributed by atoms with Gasteiger partial charge in [-0.2, -0.15) is 0 Å². The molecule has 150 valence electrons. The summed E-state index contributed by atoms with van der Waals surface area (Å²) in [5.41, 5.74) is 2.86. The molecule has 3 aromatic carbocycles. The van der Waals surface area contributed by atoms with Crippen LogP contribution in [0.15, 0.2) is 72.8 Å². The zero-order valence-corrected chi connectivity index (χ0v) is 16.5. The highest BCUT2D eigenvalue weighted by Crippen LogP contribution is 2.23. The van der Waals surface area contributed by atoms with Gasteiger partial charge in [0, 0.05) is 12.1 Å². The summed E-state index contributed by atoms with van der Waals surface area (Å²) < 4.78 is 5.39. The van der Waals surface area contributed by atoms with Crippen molar-refractivity contribution in [2.75, 3.05) is 0 Å². The molecule has 6 nitrogen and oxygen atoms in total. The van der Waals surface area contributed by atoms with Crippen molar-refractivity contribution in [3.63, 3.8) is 0 Å². The van der Waals surface area contributed by atoms with E-state index in [1.165, 1.54) is 30.3 Å². The van der Waals surface area contributed by atoms with E-state index in [1.807, 2.05) is 38.1 Å². The fourth-order valence-electron chi connectivity index (χ4n) is 2.77. The summed E-state index contributed by atoms with van der Waals surface area (Å²) in [4.78, 5) is 35.6. The van der Waals surface area contributed by atoms with E-state index in [-0.39, 0.29) is 28.3 Å². The lowest BCUT2D eigenvalue weighted by Crippen LogP contribution is -2.11. The van der Waals surface area contributed by atoms with Gasteiger partial charge in [0.05, 0.1) is 16.1 Å². The first kappa shape index (κ1) is 20.7. The lowest BCUT2D eigenvalue weighted by atomic mass is 10.0.